The number of anilines is 1. The molecule has 2 N–H and O–H groups in total. The molecular weight excluding hydrogens is 300 g/mol. The average Bonchev–Trinajstić information content (AvgIpc) is 3.06. The monoisotopic (exact) mass is 320 g/mol. The minimum absolute atomic E-state index is 0.322. The molecule has 0 saturated carbocycles. The number of H-pyrrole nitrogens is 1. The third kappa shape index (κ3) is 3.66. The van der Waals surface area contributed by atoms with Crippen LogP contribution in [0.1, 0.15) is 12.5 Å². The van der Waals surface area contributed by atoms with Gasteiger partial charge in [0.25, 0.3) is 0 Å². The Labute approximate surface area is 141 Å². The first-order valence-electron chi connectivity index (χ1n) is 7.91. The van der Waals surface area contributed by atoms with Crippen molar-refractivity contribution in [2.75, 3.05) is 5.32 Å². The normalized spacial score (nSPS) is 11.8. The Morgan fingerprint density at radius 1 is 1.08 bits per heavy atom. The second-order valence-corrected chi connectivity index (χ2v) is 5.72. The van der Waals surface area contributed by atoms with Gasteiger partial charge in [0, 0.05) is 23.6 Å². The number of aromatic nitrogens is 1. The summed E-state index contributed by atoms with van der Waals surface area (Å²) in [5, 5.41) is 3.18. The minimum atomic E-state index is -0.443. The highest BCUT2D eigenvalue weighted by Crippen LogP contribution is 2.23. The number of carbonyl (C=O) groups excluding carboxylic acids is 1. The van der Waals surface area contributed by atoms with Gasteiger partial charge < -0.3 is 15.0 Å². The molecule has 4 nitrogen and oxygen atoms in total. The van der Waals surface area contributed by atoms with Crippen LogP contribution in [0.3, 0.4) is 0 Å². The molecule has 0 aliphatic rings. The molecule has 0 saturated heterocycles. The Kier molecular flexibility index (Phi) is 4.66. The quantitative estimate of drug-likeness (QED) is 0.685. The van der Waals surface area contributed by atoms with E-state index < -0.39 is 6.04 Å². The van der Waals surface area contributed by atoms with Gasteiger partial charge in [-0.15, -0.1) is 0 Å². The van der Waals surface area contributed by atoms with Crippen molar-refractivity contribution in [3.05, 3.63) is 72.4 Å². The maximum atomic E-state index is 12.3. The molecule has 2 aromatic carbocycles. The summed E-state index contributed by atoms with van der Waals surface area (Å²) in [6.45, 7) is 3.79. The SMILES string of the molecule is Cc1ccccc1N[C@@H](C)C(=O)Oc1c[nH]c(-c2ccccc2)c1. The molecule has 0 spiro atoms. The number of benzene rings is 2. The molecule has 0 aliphatic heterocycles. The second kappa shape index (κ2) is 7.04. The number of hydrogen-bond acceptors (Lipinski definition) is 3. The van der Waals surface area contributed by atoms with Gasteiger partial charge in [-0.25, -0.2) is 4.79 Å². The van der Waals surface area contributed by atoms with Crippen LogP contribution < -0.4 is 10.1 Å². The number of nitrogens with one attached hydrogen (secondary N) is 2. The number of aromatic amines is 1. The predicted molar refractivity (Wildman–Crippen MR) is 96.1 cm³/mol. The van der Waals surface area contributed by atoms with Gasteiger partial charge in [-0.05, 0) is 31.0 Å². The van der Waals surface area contributed by atoms with Gasteiger partial charge in [-0.2, -0.15) is 0 Å². The van der Waals surface area contributed by atoms with Crippen molar-refractivity contribution in [3.8, 4) is 17.0 Å². The zero-order valence-electron chi connectivity index (χ0n) is 13.7. The Hall–Kier alpha value is -3.01. The highest BCUT2D eigenvalue weighted by Gasteiger charge is 2.16. The van der Waals surface area contributed by atoms with Crippen LogP contribution in [-0.2, 0) is 4.79 Å². The molecule has 0 aliphatic carbocycles. The summed E-state index contributed by atoms with van der Waals surface area (Å²) in [4.78, 5) is 15.4. The summed E-state index contributed by atoms with van der Waals surface area (Å²) >= 11 is 0. The van der Waals surface area contributed by atoms with Crippen LogP contribution in [-0.4, -0.2) is 17.0 Å². The van der Waals surface area contributed by atoms with E-state index in [-0.39, 0.29) is 5.97 Å². The zero-order chi connectivity index (χ0) is 16.9. The fourth-order valence-corrected chi connectivity index (χ4v) is 2.45. The molecule has 1 heterocycles. The summed E-state index contributed by atoms with van der Waals surface area (Å²) in [6.07, 6.45) is 1.70. The fourth-order valence-electron chi connectivity index (χ4n) is 2.45. The molecule has 0 fully saturated rings. The third-order valence-corrected chi connectivity index (χ3v) is 3.83. The van der Waals surface area contributed by atoms with Gasteiger partial charge in [0.05, 0.1) is 0 Å². The lowest BCUT2D eigenvalue weighted by atomic mass is 10.2. The van der Waals surface area contributed by atoms with E-state index in [1.54, 1.807) is 13.1 Å². The number of carbonyl (C=O) groups is 1. The van der Waals surface area contributed by atoms with Gasteiger partial charge in [0.15, 0.2) is 0 Å². The standard InChI is InChI=1S/C20H20N2O2/c1-14-8-6-7-11-18(14)22-15(2)20(23)24-17-12-19(21-13-17)16-9-4-3-5-10-16/h3-13,15,21-22H,1-2H3/t15-/m0/s1. The molecule has 122 valence electrons. The van der Waals surface area contributed by atoms with Crippen molar-refractivity contribution in [2.24, 2.45) is 0 Å². The smallest absolute Gasteiger partial charge is 0.333 e. The van der Waals surface area contributed by atoms with Crippen LogP contribution in [0.25, 0.3) is 11.3 Å². The first-order valence-corrected chi connectivity index (χ1v) is 7.91. The first-order chi connectivity index (χ1) is 11.6. The van der Waals surface area contributed by atoms with E-state index in [9.17, 15) is 4.79 Å². The summed E-state index contributed by atoms with van der Waals surface area (Å²) in [6, 6.07) is 19.1. The van der Waals surface area contributed by atoms with E-state index in [4.69, 9.17) is 4.74 Å². The van der Waals surface area contributed by atoms with E-state index in [0.29, 0.717) is 5.75 Å². The van der Waals surface area contributed by atoms with Crippen molar-refractivity contribution >= 4 is 11.7 Å². The number of aryl methyl sites for hydroxylation is 1. The molecule has 4 heteroatoms. The minimum Gasteiger partial charge on any atom is -0.423 e. The Bertz CT molecular complexity index is 824. The molecule has 0 amide bonds. The lowest BCUT2D eigenvalue weighted by molar-refractivity contribution is -0.134. The maximum absolute atomic E-state index is 12.3. The van der Waals surface area contributed by atoms with E-state index >= 15 is 0 Å². The van der Waals surface area contributed by atoms with Crippen molar-refractivity contribution in [1.29, 1.82) is 0 Å². The molecule has 0 unspecified atom stereocenters. The maximum Gasteiger partial charge on any atom is 0.333 e. The van der Waals surface area contributed by atoms with Crippen LogP contribution >= 0.6 is 0 Å². The predicted octanol–water partition coefficient (Wildman–Crippen LogP) is 4.40. The average molecular weight is 320 g/mol. The third-order valence-electron chi connectivity index (χ3n) is 3.83. The van der Waals surface area contributed by atoms with Gasteiger partial charge in [0.1, 0.15) is 11.8 Å². The molecular formula is C20H20N2O2. The zero-order valence-corrected chi connectivity index (χ0v) is 13.7. The number of esters is 1. The van der Waals surface area contributed by atoms with Crippen molar-refractivity contribution in [1.82, 2.24) is 4.98 Å². The highest BCUT2D eigenvalue weighted by atomic mass is 16.5. The largest absolute Gasteiger partial charge is 0.423 e. The van der Waals surface area contributed by atoms with E-state index in [0.717, 1.165) is 22.5 Å². The summed E-state index contributed by atoms with van der Waals surface area (Å²) in [5.41, 5.74) is 3.98. The molecule has 3 aromatic rings. The Morgan fingerprint density at radius 2 is 1.79 bits per heavy atom. The van der Waals surface area contributed by atoms with Crippen LogP contribution in [0.15, 0.2) is 66.9 Å². The van der Waals surface area contributed by atoms with Crippen molar-refractivity contribution in [2.45, 2.75) is 19.9 Å². The van der Waals surface area contributed by atoms with Crippen LogP contribution in [0.2, 0.25) is 0 Å². The molecule has 3 rings (SSSR count). The molecule has 1 aromatic heterocycles. The second-order valence-electron chi connectivity index (χ2n) is 5.72. The van der Waals surface area contributed by atoms with Crippen LogP contribution in [0, 0.1) is 6.92 Å². The molecule has 0 radical (unpaired) electrons. The van der Waals surface area contributed by atoms with Gasteiger partial charge in [-0.3, -0.25) is 0 Å². The summed E-state index contributed by atoms with van der Waals surface area (Å²) < 4.78 is 5.46. The Balaban J connectivity index is 1.65. The fraction of sp³-hybridized carbons (Fsp3) is 0.150. The van der Waals surface area contributed by atoms with E-state index in [1.165, 1.54) is 0 Å². The van der Waals surface area contributed by atoms with E-state index in [1.807, 2.05) is 67.6 Å². The van der Waals surface area contributed by atoms with Crippen molar-refractivity contribution in [3.63, 3.8) is 0 Å². The highest BCUT2D eigenvalue weighted by molar-refractivity contribution is 5.81. The van der Waals surface area contributed by atoms with Crippen LogP contribution in [0.4, 0.5) is 5.69 Å². The summed E-state index contributed by atoms with van der Waals surface area (Å²) in [5.74, 6) is 0.189. The number of para-hydroxylation sites is 1. The molecule has 1 atom stereocenters. The molecule has 0 bridgehead atoms. The number of hydrogen-bond donors (Lipinski definition) is 2. The topological polar surface area (TPSA) is 54.1 Å². The van der Waals surface area contributed by atoms with Crippen LogP contribution in [0.5, 0.6) is 5.75 Å². The van der Waals surface area contributed by atoms with E-state index in [2.05, 4.69) is 10.3 Å². The van der Waals surface area contributed by atoms with Gasteiger partial charge >= 0.3 is 5.97 Å². The lowest BCUT2D eigenvalue weighted by Gasteiger charge is -2.15. The Morgan fingerprint density at radius 3 is 2.54 bits per heavy atom. The summed E-state index contributed by atoms with van der Waals surface area (Å²) in [7, 11) is 0. The first kappa shape index (κ1) is 15.9. The number of rotatable bonds is 5. The van der Waals surface area contributed by atoms with Gasteiger partial charge in [0.2, 0.25) is 0 Å². The lowest BCUT2D eigenvalue weighted by Crippen LogP contribution is -2.30. The van der Waals surface area contributed by atoms with Gasteiger partial charge in [-0.1, -0.05) is 48.5 Å². The number of ether oxygens (including phenoxy) is 1. The molecule has 24 heavy (non-hydrogen) atoms. The van der Waals surface area contributed by atoms with Crippen molar-refractivity contribution < 1.29 is 9.53 Å².